The molecule has 0 atom stereocenters. The SMILES string of the molecule is Cc1cc(NC(=O)NCCN2CCC(c3ccc(O)cc3)CC2)c2ccccc2n1. The summed E-state index contributed by atoms with van der Waals surface area (Å²) in [4.78, 5) is 19.3. The molecular formula is C24H28N4O2. The van der Waals surface area contributed by atoms with E-state index in [9.17, 15) is 9.90 Å². The summed E-state index contributed by atoms with van der Waals surface area (Å²) in [6, 6.07) is 17.1. The fourth-order valence-corrected chi connectivity index (χ4v) is 4.14. The molecule has 4 rings (SSSR count). The number of nitrogens with one attached hydrogen (secondary N) is 2. The predicted octanol–water partition coefficient (Wildman–Crippen LogP) is 4.25. The van der Waals surface area contributed by atoms with Crippen molar-refractivity contribution in [1.82, 2.24) is 15.2 Å². The van der Waals surface area contributed by atoms with Crippen LogP contribution < -0.4 is 10.6 Å². The fourth-order valence-electron chi connectivity index (χ4n) is 4.14. The average molecular weight is 405 g/mol. The van der Waals surface area contributed by atoms with Gasteiger partial charge in [-0.25, -0.2) is 4.79 Å². The highest BCUT2D eigenvalue weighted by molar-refractivity contribution is 6.00. The third-order valence-electron chi connectivity index (χ3n) is 5.76. The Morgan fingerprint density at radius 1 is 1.13 bits per heavy atom. The quantitative estimate of drug-likeness (QED) is 0.594. The number of aryl methyl sites for hydroxylation is 1. The highest BCUT2D eigenvalue weighted by Crippen LogP contribution is 2.28. The van der Waals surface area contributed by atoms with Gasteiger partial charge in [0.1, 0.15) is 5.75 Å². The zero-order chi connectivity index (χ0) is 20.9. The Labute approximate surface area is 176 Å². The number of amides is 2. The average Bonchev–Trinajstić information content (AvgIpc) is 2.75. The van der Waals surface area contributed by atoms with Gasteiger partial charge in [0.15, 0.2) is 0 Å². The Balaban J connectivity index is 1.24. The number of benzene rings is 2. The third kappa shape index (κ3) is 4.89. The molecule has 6 heteroatoms. The molecule has 6 nitrogen and oxygen atoms in total. The second kappa shape index (κ2) is 9.13. The van der Waals surface area contributed by atoms with Gasteiger partial charge in [-0.2, -0.15) is 0 Å². The van der Waals surface area contributed by atoms with Gasteiger partial charge >= 0.3 is 6.03 Å². The molecule has 1 fully saturated rings. The summed E-state index contributed by atoms with van der Waals surface area (Å²) in [5.41, 5.74) is 3.83. The summed E-state index contributed by atoms with van der Waals surface area (Å²) < 4.78 is 0. The summed E-state index contributed by atoms with van der Waals surface area (Å²) in [6.07, 6.45) is 2.19. The van der Waals surface area contributed by atoms with Crippen molar-refractivity contribution < 1.29 is 9.90 Å². The lowest BCUT2D eigenvalue weighted by Crippen LogP contribution is -2.40. The maximum Gasteiger partial charge on any atom is 0.319 e. The fraction of sp³-hybridized carbons (Fsp3) is 0.333. The van der Waals surface area contributed by atoms with Crippen molar-refractivity contribution in [2.45, 2.75) is 25.7 Å². The molecule has 0 radical (unpaired) electrons. The molecule has 2 heterocycles. The number of carbonyl (C=O) groups is 1. The number of piperidine rings is 1. The van der Waals surface area contributed by atoms with E-state index < -0.39 is 0 Å². The van der Waals surface area contributed by atoms with Crippen molar-refractivity contribution in [1.29, 1.82) is 0 Å². The number of aromatic nitrogens is 1. The van der Waals surface area contributed by atoms with Crippen molar-refractivity contribution >= 4 is 22.6 Å². The number of likely N-dealkylation sites (tertiary alicyclic amines) is 1. The van der Waals surface area contributed by atoms with Crippen LogP contribution in [0, 0.1) is 6.92 Å². The van der Waals surface area contributed by atoms with Gasteiger partial charge in [-0.3, -0.25) is 4.98 Å². The van der Waals surface area contributed by atoms with Crippen LogP contribution in [-0.2, 0) is 0 Å². The molecule has 1 aliphatic rings. The number of anilines is 1. The monoisotopic (exact) mass is 404 g/mol. The minimum atomic E-state index is -0.190. The smallest absolute Gasteiger partial charge is 0.319 e. The van der Waals surface area contributed by atoms with Gasteiger partial charge in [-0.15, -0.1) is 0 Å². The van der Waals surface area contributed by atoms with Gasteiger partial charge < -0.3 is 20.6 Å². The van der Waals surface area contributed by atoms with Crippen LogP contribution in [0.25, 0.3) is 10.9 Å². The van der Waals surface area contributed by atoms with Crippen LogP contribution in [0.3, 0.4) is 0 Å². The van der Waals surface area contributed by atoms with E-state index in [1.807, 2.05) is 49.4 Å². The molecule has 3 N–H and O–H groups in total. The standard InChI is InChI=1S/C24H28N4O2/c1-17-16-23(21-4-2-3-5-22(21)26-17)27-24(30)25-12-15-28-13-10-19(11-14-28)18-6-8-20(29)9-7-18/h2-9,16,19,29H,10-15H2,1H3,(H2,25,26,27,30). The second-order valence-electron chi connectivity index (χ2n) is 7.92. The van der Waals surface area contributed by atoms with Gasteiger partial charge in [0.05, 0.1) is 11.2 Å². The van der Waals surface area contributed by atoms with Crippen molar-refractivity contribution in [3.05, 3.63) is 65.9 Å². The lowest BCUT2D eigenvalue weighted by atomic mass is 9.89. The molecule has 30 heavy (non-hydrogen) atoms. The summed E-state index contributed by atoms with van der Waals surface area (Å²) in [7, 11) is 0. The molecule has 0 unspecified atom stereocenters. The highest BCUT2D eigenvalue weighted by Gasteiger charge is 2.20. The molecule has 1 aliphatic heterocycles. The molecule has 1 aromatic heterocycles. The van der Waals surface area contributed by atoms with Crippen molar-refractivity contribution in [2.75, 3.05) is 31.5 Å². The van der Waals surface area contributed by atoms with E-state index in [4.69, 9.17) is 0 Å². The Hall–Kier alpha value is -3.12. The number of carbonyl (C=O) groups excluding carboxylic acids is 1. The second-order valence-corrected chi connectivity index (χ2v) is 7.92. The van der Waals surface area contributed by atoms with Gasteiger partial charge in [0.2, 0.25) is 0 Å². The van der Waals surface area contributed by atoms with Crippen LogP contribution >= 0.6 is 0 Å². The first-order chi connectivity index (χ1) is 14.6. The molecule has 0 spiro atoms. The van der Waals surface area contributed by atoms with E-state index in [2.05, 4.69) is 20.5 Å². The molecule has 3 aromatic rings. The van der Waals surface area contributed by atoms with Crippen LogP contribution in [0.15, 0.2) is 54.6 Å². The zero-order valence-corrected chi connectivity index (χ0v) is 17.3. The minimum Gasteiger partial charge on any atom is -0.508 e. The molecule has 2 amide bonds. The zero-order valence-electron chi connectivity index (χ0n) is 17.3. The minimum absolute atomic E-state index is 0.190. The maximum absolute atomic E-state index is 12.4. The number of aromatic hydroxyl groups is 1. The Morgan fingerprint density at radius 3 is 2.63 bits per heavy atom. The number of pyridine rings is 1. The third-order valence-corrected chi connectivity index (χ3v) is 5.76. The van der Waals surface area contributed by atoms with Crippen LogP contribution in [0.2, 0.25) is 0 Å². The topological polar surface area (TPSA) is 77.5 Å². The van der Waals surface area contributed by atoms with E-state index in [1.54, 1.807) is 12.1 Å². The first-order valence-electron chi connectivity index (χ1n) is 10.5. The molecule has 0 aliphatic carbocycles. The van der Waals surface area contributed by atoms with E-state index in [0.717, 1.165) is 54.8 Å². The Morgan fingerprint density at radius 2 is 1.87 bits per heavy atom. The van der Waals surface area contributed by atoms with Crippen molar-refractivity contribution in [2.24, 2.45) is 0 Å². The number of hydrogen-bond donors (Lipinski definition) is 3. The van der Waals surface area contributed by atoms with E-state index in [0.29, 0.717) is 18.2 Å². The Kier molecular flexibility index (Phi) is 6.14. The summed E-state index contributed by atoms with van der Waals surface area (Å²) in [5, 5.41) is 16.3. The van der Waals surface area contributed by atoms with Gasteiger partial charge in [0.25, 0.3) is 0 Å². The number of urea groups is 1. The number of para-hydroxylation sites is 1. The van der Waals surface area contributed by atoms with E-state index in [1.165, 1.54) is 5.56 Å². The molecule has 156 valence electrons. The van der Waals surface area contributed by atoms with Gasteiger partial charge in [-0.05, 0) is 68.6 Å². The lowest BCUT2D eigenvalue weighted by Gasteiger charge is -2.32. The molecule has 0 saturated carbocycles. The highest BCUT2D eigenvalue weighted by atomic mass is 16.3. The van der Waals surface area contributed by atoms with Crippen molar-refractivity contribution in [3.8, 4) is 5.75 Å². The van der Waals surface area contributed by atoms with E-state index in [-0.39, 0.29) is 6.03 Å². The molecule has 0 bridgehead atoms. The summed E-state index contributed by atoms with van der Waals surface area (Å²) >= 11 is 0. The van der Waals surface area contributed by atoms with E-state index >= 15 is 0 Å². The number of fused-ring (bicyclic) bond motifs is 1. The maximum atomic E-state index is 12.4. The Bertz CT molecular complexity index is 1010. The van der Waals surface area contributed by atoms with Crippen LogP contribution in [0.1, 0.15) is 30.0 Å². The molecule has 2 aromatic carbocycles. The molecule has 1 saturated heterocycles. The molecular weight excluding hydrogens is 376 g/mol. The van der Waals surface area contributed by atoms with Crippen LogP contribution in [0.5, 0.6) is 5.75 Å². The van der Waals surface area contributed by atoms with Gasteiger partial charge in [-0.1, -0.05) is 30.3 Å². The first-order valence-corrected chi connectivity index (χ1v) is 10.5. The summed E-state index contributed by atoms with van der Waals surface area (Å²) in [5.74, 6) is 0.858. The normalized spacial score (nSPS) is 15.2. The predicted molar refractivity (Wildman–Crippen MR) is 120 cm³/mol. The first kappa shape index (κ1) is 20.2. The number of phenols is 1. The number of hydrogen-bond acceptors (Lipinski definition) is 4. The number of nitrogens with zero attached hydrogens (tertiary/aromatic N) is 2. The van der Waals surface area contributed by atoms with Crippen molar-refractivity contribution in [3.63, 3.8) is 0 Å². The largest absolute Gasteiger partial charge is 0.508 e. The van der Waals surface area contributed by atoms with Crippen LogP contribution in [0.4, 0.5) is 10.5 Å². The summed E-state index contributed by atoms with van der Waals surface area (Å²) in [6.45, 7) is 5.41. The van der Waals surface area contributed by atoms with Gasteiger partial charge in [0, 0.05) is 24.2 Å². The lowest BCUT2D eigenvalue weighted by molar-refractivity contribution is 0.211. The number of phenolic OH excluding ortho intramolecular Hbond substituents is 1. The number of rotatable bonds is 5. The van der Waals surface area contributed by atoms with Crippen LogP contribution in [-0.4, -0.2) is 47.2 Å².